The number of rotatable bonds is 3. The molecule has 0 aliphatic carbocycles. The first-order valence-electron chi connectivity index (χ1n) is 5.03. The highest BCUT2D eigenvalue weighted by Crippen LogP contribution is 2.34. The molecule has 0 aliphatic heterocycles. The second-order valence-electron chi connectivity index (χ2n) is 3.63. The van der Waals surface area contributed by atoms with Crippen LogP contribution in [0.4, 0.5) is 0 Å². The fraction of sp³-hybridized carbons (Fsp3) is 0.250. The zero-order valence-electron chi connectivity index (χ0n) is 8.74. The Kier molecular flexibility index (Phi) is 3.17. The van der Waals surface area contributed by atoms with Gasteiger partial charge in [-0.05, 0) is 40.9 Å². The third-order valence-electron chi connectivity index (χ3n) is 2.65. The lowest BCUT2D eigenvalue weighted by Crippen LogP contribution is -2.09. The van der Waals surface area contributed by atoms with Gasteiger partial charge < -0.3 is 5.11 Å². The van der Waals surface area contributed by atoms with E-state index >= 15 is 0 Å². The Morgan fingerprint density at radius 2 is 2.31 bits per heavy atom. The van der Waals surface area contributed by atoms with Gasteiger partial charge >= 0.3 is 5.97 Å². The van der Waals surface area contributed by atoms with Crippen LogP contribution >= 0.6 is 22.9 Å². The van der Waals surface area contributed by atoms with Crippen LogP contribution in [-0.2, 0) is 4.79 Å². The van der Waals surface area contributed by atoms with Gasteiger partial charge in [0.25, 0.3) is 0 Å². The van der Waals surface area contributed by atoms with Gasteiger partial charge in [-0.1, -0.05) is 18.5 Å². The molecule has 1 aromatic heterocycles. The minimum atomic E-state index is -0.776. The number of carboxylic acid groups (broad SMARTS) is 1. The Hall–Kier alpha value is -1.06. The first-order chi connectivity index (χ1) is 7.63. The molecule has 0 aliphatic rings. The van der Waals surface area contributed by atoms with E-state index in [2.05, 4.69) is 0 Å². The molecule has 84 valence electrons. The van der Waals surface area contributed by atoms with Gasteiger partial charge in [0.1, 0.15) is 0 Å². The molecule has 1 N–H and O–H groups in total. The summed E-state index contributed by atoms with van der Waals surface area (Å²) in [7, 11) is 0. The van der Waals surface area contributed by atoms with Crippen molar-refractivity contribution in [3.8, 4) is 0 Å². The van der Waals surface area contributed by atoms with Gasteiger partial charge in [-0.3, -0.25) is 4.79 Å². The van der Waals surface area contributed by atoms with Gasteiger partial charge in [-0.15, -0.1) is 11.3 Å². The Balaban J connectivity index is 2.59. The largest absolute Gasteiger partial charge is 0.481 e. The predicted molar refractivity (Wildman–Crippen MR) is 67.5 cm³/mol. The second-order valence-corrected chi connectivity index (χ2v) is 4.98. The van der Waals surface area contributed by atoms with Crippen LogP contribution in [0, 0.1) is 0 Å². The van der Waals surface area contributed by atoms with Crippen molar-refractivity contribution in [2.75, 3.05) is 0 Å². The molecule has 0 saturated carbocycles. The number of hydrogen-bond acceptors (Lipinski definition) is 2. The molecule has 0 fully saturated rings. The summed E-state index contributed by atoms with van der Waals surface area (Å²) in [5, 5.41) is 12.7. The van der Waals surface area contributed by atoms with Crippen molar-refractivity contribution in [2.24, 2.45) is 0 Å². The molecule has 0 spiro atoms. The number of aliphatic carboxylic acids is 1. The standard InChI is InChI=1S/C12H11ClO2S/c1-2-8(12(14)15)10-6-16-11-4-3-7(13)5-9(10)11/h3-6,8H,2H2,1H3,(H,14,15). The fourth-order valence-corrected chi connectivity index (χ4v) is 2.99. The van der Waals surface area contributed by atoms with Crippen LogP contribution in [0.1, 0.15) is 24.8 Å². The van der Waals surface area contributed by atoms with Crippen molar-refractivity contribution < 1.29 is 9.90 Å². The summed E-state index contributed by atoms with van der Waals surface area (Å²) in [6.07, 6.45) is 0.591. The number of thiophene rings is 1. The zero-order chi connectivity index (χ0) is 11.7. The molecule has 0 saturated heterocycles. The Morgan fingerprint density at radius 3 is 2.94 bits per heavy atom. The summed E-state index contributed by atoms with van der Waals surface area (Å²) in [4.78, 5) is 11.1. The molecule has 1 atom stereocenters. The van der Waals surface area contributed by atoms with Crippen molar-refractivity contribution >= 4 is 39.0 Å². The van der Waals surface area contributed by atoms with Gasteiger partial charge in [0.05, 0.1) is 5.92 Å². The van der Waals surface area contributed by atoms with Crippen molar-refractivity contribution in [2.45, 2.75) is 19.3 Å². The van der Waals surface area contributed by atoms with E-state index in [4.69, 9.17) is 16.7 Å². The summed E-state index contributed by atoms with van der Waals surface area (Å²) in [6, 6.07) is 5.60. The van der Waals surface area contributed by atoms with Crippen LogP contribution in [-0.4, -0.2) is 11.1 Å². The van der Waals surface area contributed by atoms with Crippen LogP contribution in [0.15, 0.2) is 23.6 Å². The normalized spacial score (nSPS) is 12.9. The van der Waals surface area contributed by atoms with E-state index in [1.165, 1.54) is 0 Å². The number of hydrogen-bond donors (Lipinski definition) is 1. The highest BCUT2D eigenvalue weighted by Gasteiger charge is 2.20. The van der Waals surface area contributed by atoms with E-state index in [-0.39, 0.29) is 0 Å². The van der Waals surface area contributed by atoms with Crippen molar-refractivity contribution in [3.05, 3.63) is 34.2 Å². The molecular weight excluding hydrogens is 244 g/mol. The van der Waals surface area contributed by atoms with Crippen molar-refractivity contribution in [1.82, 2.24) is 0 Å². The molecule has 2 nitrogen and oxygen atoms in total. The first kappa shape index (κ1) is 11.4. The Morgan fingerprint density at radius 1 is 1.56 bits per heavy atom. The summed E-state index contributed by atoms with van der Waals surface area (Å²) >= 11 is 7.49. The maximum absolute atomic E-state index is 11.1. The number of carbonyl (C=O) groups is 1. The number of benzene rings is 1. The van der Waals surface area contributed by atoms with Gasteiger partial charge in [0, 0.05) is 9.72 Å². The van der Waals surface area contributed by atoms with Crippen molar-refractivity contribution in [1.29, 1.82) is 0 Å². The Bertz CT molecular complexity index is 533. The topological polar surface area (TPSA) is 37.3 Å². The molecule has 2 aromatic rings. The van der Waals surface area contributed by atoms with Crippen molar-refractivity contribution in [3.63, 3.8) is 0 Å². The summed E-state index contributed by atoms with van der Waals surface area (Å²) < 4.78 is 1.08. The molecule has 4 heteroatoms. The first-order valence-corrected chi connectivity index (χ1v) is 6.28. The Labute approximate surface area is 102 Å². The molecule has 1 aromatic carbocycles. The van der Waals surface area contributed by atoms with E-state index in [1.54, 1.807) is 11.3 Å². The molecule has 0 amide bonds. The average molecular weight is 255 g/mol. The molecular formula is C12H11ClO2S. The van der Waals surface area contributed by atoms with Gasteiger partial charge in [-0.2, -0.15) is 0 Å². The molecule has 0 bridgehead atoms. The molecule has 1 heterocycles. The fourth-order valence-electron chi connectivity index (χ4n) is 1.82. The number of carboxylic acids is 1. The van der Waals surface area contributed by atoms with E-state index < -0.39 is 11.9 Å². The van der Waals surface area contributed by atoms with E-state index in [9.17, 15) is 4.79 Å². The zero-order valence-corrected chi connectivity index (χ0v) is 10.3. The smallest absolute Gasteiger partial charge is 0.311 e. The van der Waals surface area contributed by atoms with Gasteiger partial charge in [0.2, 0.25) is 0 Å². The number of halogens is 1. The highest BCUT2D eigenvalue weighted by atomic mass is 35.5. The maximum Gasteiger partial charge on any atom is 0.311 e. The lowest BCUT2D eigenvalue weighted by molar-refractivity contribution is -0.138. The highest BCUT2D eigenvalue weighted by molar-refractivity contribution is 7.17. The molecule has 2 rings (SSSR count). The third kappa shape index (κ3) is 1.93. The van der Waals surface area contributed by atoms with Crippen LogP contribution in [0.25, 0.3) is 10.1 Å². The lowest BCUT2D eigenvalue weighted by Gasteiger charge is -2.08. The van der Waals surface area contributed by atoms with Crippen LogP contribution in [0.2, 0.25) is 5.02 Å². The maximum atomic E-state index is 11.1. The van der Waals surface area contributed by atoms with Crippen LogP contribution in [0.5, 0.6) is 0 Å². The number of fused-ring (bicyclic) bond motifs is 1. The van der Waals surface area contributed by atoms with E-state index in [0.717, 1.165) is 15.6 Å². The summed E-state index contributed by atoms with van der Waals surface area (Å²) in [6.45, 7) is 1.88. The second kappa shape index (κ2) is 4.44. The minimum absolute atomic E-state index is 0.438. The van der Waals surface area contributed by atoms with E-state index in [0.29, 0.717) is 11.4 Å². The van der Waals surface area contributed by atoms with Crippen LogP contribution < -0.4 is 0 Å². The lowest BCUT2D eigenvalue weighted by atomic mass is 9.96. The molecule has 0 radical (unpaired) electrons. The predicted octanol–water partition coefficient (Wildman–Crippen LogP) is 4.13. The van der Waals surface area contributed by atoms with Gasteiger partial charge in [0.15, 0.2) is 0 Å². The molecule has 16 heavy (non-hydrogen) atoms. The van der Waals surface area contributed by atoms with Crippen LogP contribution in [0.3, 0.4) is 0 Å². The monoisotopic (exact) mass is 254 g/mol. The van der Waals surface area contributed by atoms with E-state index in [1.807, 2.05) is 30.5 Å². The SMILES string of the molecule is CCC(C(=O)O)c1csc2ccc(Cl)cc12. The van der Waals surface area contributed by atoms with Gasteiger partial charge in [-0.25, -0.2) is 0 Å². The molecule has 1 unspecified atom stereocenters. The third-order valence-corrected chi connectivity index (χ3v) is 3.86. The average Bonchev–Trinajstić information content (AvgIpc) is 2.62. The summed E-state index contributed by atoms with van der Waals surface area (Å²) in [5.74, 6) is -1.21. The quantitative estimate of drug-likeness (QED) is 0.894. The summed E-state index contributed by atoms with van der Waals surface area (Å²) in [5.41, 5.74) is 0.873. The minimum Gasteiger partial charge on any atom is -0.481 e.